The number of carbonyl (C=O) groups excluding carboxylic acids is 2. The summed E-state index contributed by atoms with van der Waals surface area (Å²) in [5, 5.41) is 18.2. The van der Waals surface area contributed by atoms with E-state index in [1.165, 1.54) is 54.7 Å². The van der Waals surface area contributed by atoms with Crippen LogP contribution in [-0.2, 0) is 20.7 Å². The maximum atomic E-state index is 15.1. The lowest BCUT2D eigenvalue weighted by Gasteiger charge is -2.31. The van der Waals surface area contributed by atoms with Crippen molar-refractivity contribution in [2.24, 2.45) is 5.73 Å². The Labute approximate surface area is 259 Å². The van der Waals surface area contributed by atoms with Crippen molar-refractivity contribution in [3.05, 3.63) is 95.1 Å². The number of nitrogens with two attached hydrogens (primary N) is 1. The molecule has 0 aliphatic carbocycles. The number of carbonyl (C=O) groups is 2. The molecule has 6 N–H and O–H groups in total. The van der Waals surface area contributed by atoms with Crippen molar-refractivity contribution < 1.29 is 37.3 Å². The zero-order valence-corrected chi connectivity index (χ0v) is 25.1. The molecule has 4 rings (SSSR count). The standard InChI is InChI=1S/C32H38F3N5O5/c1-32(2,18-41)40-31(43)45-17-23-16-44-24(13-38-23)11-12-25-26(35)14-37-15-27(25)39-29(30(36)42)28(19-3-7-21(33)8-4-19)20-5-9-22(34)10-6-20/h3-10,14-15,23-24,28-29,38-39,41H,11-13,16-18H2,1-2H3,(H2,36,42)(H,40,43)/t23-,24+,29-/m0/s1. The first-order valence-electron chi connectivity index (χ1n) is 14.6. The summed E-state index contributed by atoms with van der Waals surface area (Å²) in [4.78, 5) is 28.8. The van der Waals surface area contributed by atoms with Gasteiger partial charge in [-0.1, -0.05) is 24.3 Å². The number of morpholine rings is 1. The molecule has 0 radical (unpaired) electrons. The van der Waals surface area contributed by atoms with Crippen LogP contribution in [0, 0.1) is 17.5 Å². The highest BCUT2D eigenvalue weighted by molar-refractivity contribution is 5.85. The molecule has 2 aromatic carbocycles. The molecule has 3 atom stereocenters. The summed E-state index contributed by atoms with van der Waals surface area (Å²) in [5.74, 6) is -3.05. The molecule has 0 spiro atoms. The fourth-order valence-electron chi connectivity index (χ4n) is 5.04. The van der Waals surface area contributed by atoms with Gasteiger partial charge < -0.3 is 36.3 Å². The van der Waals surface area contributed by atoms with Crippen LogP contribution >= 0.6 is 0 Å². The van der Waals surface area contributed by atoms with Crippen LogP contribution in [0.4, 0.5) is 23.7 Å². The molecule has 2 heterocycles. The van der Waals surface area contributed by atoms with Crippen molar-refractivity contribution in [2.45, 2.75) is 56.3 Å². The Hall–Kier alpha value is -4.20. The van der Waals surface area contributed by atoms with Crippen molar-refractivity contribution in [1.82, 2.24) is 15.6 Å². The molecule has 3 aromatic rings. The molecule has 2 amide bonds. The molecule has 1 aromatic heterocycles. The number of nitrogens with zero attached hydrogens (tertiary/aromatic N) is 1. The Kier molecular flexibility index (Phi) is 11.4. The molecule has 0 saturated carbocycles. The summed E-state index contributed by atoms with van der Waals surface area (Å²) in [6.45, 7) is 3.83. The summed E-state index contributed by atoms with van der Waals surface area (Å²) < 4.78 is 53.8. The van der Waals surface area contributed by atoms with E-state index in [1.54, 1.807) is 13.8 Å². The number of rotatable bonds is 13. The topological polar surface area (TPSA) is 148 Å². The first-order valence-corrected chi connectivity index (χ1v) is 14.6. The largest absolute Gasteiger partial charge is 0.448 e. The van der Waals surface area contributed by atoms with E-state index < -0.39 is 47.0 Å². The van der Waals surface area contributed by atoms with E-state index in [9.17, 15) is 23.5 Å². The number of hydrogen-bond acceptors (Lipinski definition) is 8. The van der Waals surface area contributed by atoms with Gasteiger partial charge in [0, 0.05) is 18.0 Å². The lowest BCUT2D eigenvalue weighted by molar-refractivity contribution is -0.119. The van der Waals surface area contributed by atoms with Gasteiger partial charge in [0.15, 0.2) is 0 Å². The van der Waals surface area contributed by atoms with E-state index in [1.807, 2.05) is 0 Å². The zero-order valence-electron chi connectivity index (χ0n) is 25.1. The molecule has 1 aliphatic rings. The summed E-state index contributed by atoms with van der Waals surface area (Å²) in [6.07, 6.45) is 2.20. The molecule has 45 heavy (non-hydrogen) atoms. The monoisotopic (exact) mass is 629 g/mol. The molecule has 0 bridgehead atoms. The van der Waals surface area contributed by atoms with Gasteiger partial charge in [-0.3, -0.25) is 9.78 Å². The summed E-state index contributed by atoms with van der Waals surface area (Å²) in [6, 6.07) is 9.68. The quantitative estimate of drug-likeness (QED) is 0.193. The van der Waals surface area contributed by atoms with E-state index in [0.29, 0.717) is 24.1 Å². The molecular weight excluding hydrogens is 591 g/mol. The minimum atomic E-state index is -1.13. The minimum absolute atomic E-state index is 0.0604. The number of anilines is 1. The maximum absolute atomic E-state index is 15.1. The van der Waals surface area contributed by atoms with Gasteiger partial charge in [0.2, 0.25) is 5.91 Å². The van der Waals surface area contributed by atoms with E-state index in [2.05, 4.69) is 20.9 Å². The van der Waals surface area contributed by atoms with E-state index in [0.717, 1.165) is 6.20 Å². The van der Waals surface area contributed by atoms with Gasteiger partial charge in [-0.05, 0) is 62.1 Å². The van der Waals surface area contributed by atoms with Crippen molar-refractivity contribution >= 4 is 17.7 Å². The molecule has 1 aliphatic heterocycles. The second-order valence-electron chi connectivity index (χ2n) is 11.6. The molecule has 1 fully saturated rings. The molecule has 10 nitrogen and oxygen atoms in total. The van der Waals surface area contributed by atoms with Gasteiger partial charge in [0.25, 0.3) is 0 Å². The first-order chi connectivity index (χ1) is 21.5. The summed E-state index contributed by atoms with van der Waals surface area (Å²) >= 11 is 0. The normalized spacial score (nSPS) is 17.5. The smallest absolute Gasteiger partial charge is 0.407 e. The predicted octanol–water partition coefficient (Wildman–Crippen LogP) is 3.38. The molecule has 242 valence electrons. The van der Waals surface area contributed by atoms with Crippen LogP contribution in [0.15, 0.2) is 60.9 Å². The van der Waals surface area contributed by atoms with Crippen LogP contribution in [0.1, 0.15) is 42.9 Å². The van der Waals surface area contributed by atoms with E-state index in [4.69, 9.17) is 15.2 Å². The van der Waals surface area contributed by atoms with Crippen molar-refractivity contribution in [3.8, 4) is 0 Å². The van der Waals surface area contributed by atoms with Crippen LogP contribution in [-0.4, -0.2) is 72.2 Å². The van der Waals surface area contributed by atoms with E-state index >= 15 is 4.39 Å². The average Bonchev–Trinajstić information content (AvgIpc) is 3.01. The molecule has 13 heteroatoms. The SMILES string of the molecule is CC(C)(CO)NC(=O)OC[C@@H]1CO[C@H](CCc2c(F)cncc2N[C@H](C(N)=O)C(c2ccc(F)cc2)c2ccc(F)cc2)CN1. The predicted molar refractivity (Wildman–Crippen MR) is 161 cm³/mol. The fourth-order valence-corrected chi connectivity index (χ4v) is 5.04. The van der Waals surface area contributed by atoms with Gasteiger partial charge in [0.1, 0.15) is 30.1 Å². The van der Waals surface area contributed by atoms with Gasteiger partial charge in [0.05, 0.1) is 49.0 Å². The number of amides is 2. The lowest BCUT2D eigenvalue weighted by atomic mass is 9.84. The van der Waals surface area contributed by atoms with Crippen molar-refractivity contribution in [1.29, 1.82) is 0 Å². The Bertz CT molecular complexity index is 1390. The minimum Gasteiger partial charge on any atom is -0.448 e. The van der Waals surface area contributed by atoms with Crippen LogP contribution in [0.25, 0.3) is 0 Å². The Morgan fingerprint density at radius 2 is 1.71 bits per heavy atom. The van der Waals surface area contributed by atoms with E-state index in [-0.39, 0.29) is 49.6 Å². The Balaban J connectivity index is 1.43. The van der Waals surface area contributed by atoms with Gasteiger partial charge in [-0.15, -0.1) is 0 Å². The number of ether oxygens (including phenoxy) is 2. The maximum Gasteiger partial charge on any atom is 0.407 e. The molecular formula is C32H38F3N5O5. The van der Waals surface area contributed by atoms with Crippen molar-refractivity contribution in [2.75, 3.05) is 31.7 Å². The second kappa shape index (κ2) is 15.2. The third-order valence-corrected chi connectivity index (χ3v) is 7.55. The van der Waals surface area contributed by atoms with Crippen LogP contribution < -0.4 is 21.7 Å². The van der Waals surface area contributed by atoms with Gasteiger partial charge in [-0.2, -0.15) is 0 Å². The fraction of sp³-hybridized carbons (Fsp3) is 0.406. The number of alkyl carbamates (subject to hydrolysis) is 1. The summed E-state index contributed by atoms with van der Waals surface area (Å²) in [5.41, 5.74) is 6.65. The number of benzene rings is 2. The Morgan fingerprint density at radius 3 is 2.24 bits per heavy atom. The third kappa shape index (κ3) is 9.40. The number of hydrogen-bond donors (Lipinski definition) is 5. The summed E-state index contributed by atoms with van der Waals surface area (Å²) in [7, 11) is 0. The number of primary amides is 1. The third-order valence-electron chi connectivity index (χ3n) is 7.55. The van der Waals surface area contributed by atoms with Gasteiger partial charge >= 0.3 is 6.09 Å². The van der Waals surface area contributed by atoms with Crippen LogP contribution in [0.5, 0.6) is 0 Å². The highest BCUT2D eigenvalue weighted by Crippen LogP contribution is 2.32. The number of aromatic nitrogens is 1. The number of nitrogens with one attached hydrogen (secondary N) is 3. The first kappa shape index (κ1) is 33.7. The van der Waals surface area contributed by atoms with Crippen molar-refractivity contribution in [3.63, 3.8) is 0 Å². The van der Waals surface area contributed by atoms with Crippen LogP contribution in [0.2, 0.25) is 0 Å². The average molecular weight is 630 g/mol. The second-order valence-corrected chi connectivity index (χ2v) is 11.6. The number of aliphatic hydroxyl groups excluding tert-OH is 1. The van der Waals surface area contributed by atoms with Crippen LogP contribution in [0.3, 0.4) is 0 Å². The molecule has 0 unspecified atom stereocenters. The highest BCUT2D eigenvalue weighted by Gasteiger charge is 2.31. The number of aliphatic hydroxyl groups is 1. The Morgan fingerprint density at radius 1 is 1.09 bits per heavy atom. The number of halogens is 3. The zero-order chi connectivity index (χ0) is 32.6. The lowest BCUT2D eigenvalue weighted by Crippen LogP contribution is -2.51. The molecule has 1 saturated heterocycles. The highest BCUT2D eigenvalue weighted by atomic mass is 19.1. The van der Waals surface area contributed by atoms with Gasteiger partial charge in [-0.25, -0.2) is 18.0 Å². The number of pyridine rings is 1.